The molecule has 1 N–H and O–H groups in total. The molecule has 27 heavy (non-hydrogen) atoms. The van der Waals surface area contributed by atoms with E-state index in [2.05, 4.69) is 5.32 Å². The third kappa shape index (κ3) is 4.31. The van der Waals surface area contributed by atoms with E-state index in [4.69, 9.17) is 4.74 Å². The van der Waals surface area contributed by atoms with E-state index in [1.54, 1.807) is 32.0 Å². The summed E-state index contributed by atoms with van der Waals surface area (Å²) in [6.45, 7) is 3.01. The fourth-order valence-electron chi connectivity index (χ4n) is 3.98. The first-order valence-corrected chi connectivity index (χ1v) is 9.79. The molecule has 2 amide bonds. The SMILES string of the molecule is CC1(C)C(=O)Nc2ccccc2N1C(=O)COC(=O)CCC1CCCCC1. The van der Waals surface area contributed by atoms with Crippen LogP contribution in [-0.4, -0.2) is 29.9 Å². The van der Waals surface area contributed by atoms with E-state index in [0.717, 1.165) is 6.42 Å². The number of ether oxygens (including phenoxy) is 1. The van der Waals surface area contributed by atoms with Crippen molar-refractivity contribution in [3.8, 4) is 0 Å². The van der Waals surface area contributed by atoms with Gasteiger partial charge in [-0.2, -0.15) is 0 Å². The van der Waals surface area contributed by atoms with Crippen molar-refractivity contribution in [2.24, 2.45) is 5.92 Å². The summed E-state index contributed by atoms with van der Waals surface area (Å²) in [5.41, 5.74) is 0.143. The lowest BCUT2D eigenvalue weighted by Gasteiger charge is -2.41. The molecule has 0 radical (unpaired) electrons. The maximum absolute atomic E-state index is 12.8. The molecular formula is C21H28N2O4. The van der Waals surface area contributed by atoms with E-state index in [1.165, 1.54) is 37.0 Å². The molecule has 1 aliphatic carbocycles. The van der Waals surface area contributed by atoms with Crippen molar-refractivity contribution < 1.29 is 19.1 Å². The lowest BCUT2D eigenvalue weighted by Crippen LogP contribution is -2.59. The van der Waals surface area contributed by atoms with Crippen LogP contribution in [0.3, 0.4) is 0 Å². The monoisotopic (exact) mass is 372 g/mol. The molecule has 6 nitrogen and oxygen atoms in total. The lowest BCUT2D eigenvalue weighted by molar-refractivity contribution is -0.148. The van der Waals surface area contributed by atoms with Gasteiger partial charge >= 0.3 is 5.97 Å². The Labute approximate surface area is 160 Å². The van der Waals surface area contributed by atoms with E-state index in [1.807, 2.05) is 6.07 Å². The number of carbonyl (C=O) groups is 3. The van der Waals surface area contributed by atoms with Crippen molar-refractivity contribution in [3.05, 3.63) is 24.3 Å². The van der Waals surface area contributed by atoms with E-state index in [9.17, 15) is 14.4 Å². The van der Waals surface area contributed by atoms with Crippen LogP contribution < -0.4 is 10.2 Å². The van der Waals surface area contributed by atoms with E-state index < -0.39 is 11.4 Å². The van der Waals surface area contributed by atoms with Gasteiger partial charge in [0.25, 0.3) is 5.91 Å². The van der Waals surface area contributed by atoms with E-state index in [0.29, 0.717) is 23.7 Å². The number of hydrogen-bond donors (Lipinski definition) is 1. The molecule has 0 spiro atoms. The third-order valence-electron chi connectivity index (χ3n) is 5.60. The van der Waals surface area contributed by atoms with Crippen molar-refractivity contribution in [2.45, 2.75) is 64.3 Å². The van der Waals surface area contributed by atoms with Gasteiger partial charge in [-0.05, 0) is 38.3 Å². The van der Waals surface area contributed by atoms with Crippen LogP contribution in [0, 0.1) is 5.92 Å². The highest BCUT2D eigenvalue weighted by molar-refractivity contribution is 6.14. The topological polar surface area (TPSA) is 75.7 Å². The minimum absolute atomic E-state index is 0.266. The number of hydrogen-bond acceptors (Lipinski definition) is 4. The fraction of sp³-hybridized carbons (Fsp3) is 0.571. The standard InChI is InChI=1S/C21H28N2O4/c1-21(2)20(26)22-16-10-6-7-11-17(16)23(21)18(24)14-27-19(25)13-12-15-8-4-3-5-9-15/h6-7,10-11,15H,3-5,8-9,12-14H2,1-2H3,(H,22,26). The summed E-state index contributed by atoms with van der Waals surface area (Å²) in [7, 11) is 0. The normalized spacial score (nSPS) is 19.2. The van der Waals surface area contributed by atoms with Gasteiger partial charge in [0.2, 0.25) is 5.91 Å². The van der Waals surface area contributed by atoms with Crippen molar-refractivity contribution in [2.75, 3.05) is 16.8 Å². The molecule has 0 bridgehead atoms. The van der Waals surface area contributed by atoms with Gasteiger partial charge in [-0.15, -0.1) is 0 Å². The van der Waals surface area contributed by atoms with Crippen molar-refractivity contribution in [1.82, 2.24) is 0 Å². The van der Waals surface area contributed by atoms with Crippen LogP contribution in [-0.2, 0) is 19.1 Å². The number of carbonyl (C=O) groups excluding carboxylic acids is 3. The molecule has 0 aromatic heterocycles. The Balaban J connectivity index is 1.59. The zero-order valence-electron chi connectivity index (χ0n) is 16.1. The molecule has 3 rings (SSSR count). The molecule has 146 valence electrons. The molecule has 1 aromatic carbocycles. The maximum atomic E-state index is 12.8. The number of nitrogens with one attached hydrogen (secondary N) is 1. The molecule has 1 saturated carbocycles. The summed E-state index contributed by atoms with van der Waals surface area (Å²) in [6.07, 6.45) is 7.30. The summed E-state index contributed by atoms with van der Waals surface area (Å²) >= 11 is 0. The zero-order chi connectivity index (χ0) is 19.4. The largest absolute Gasteiger partial charge is 0.456 e. The number of nitrogens with zero attached hydrogens (tertiary/aromatic N) is 1. The predicted molar refractivity (Wildman–Crippen MR) is 103 cm³/mol. The van der Waals surface area contributed by atoms with Gasteiger partial charge in [0, 0.05) is 6.42 Å². The minimum Gasteiger partial charge on any atom is -0.456 e. The number of para-hydroxylation sites is 2. The summed E-state index contributed by atoms with van der Waals surface area (Å²) in [4.78, 5) is 38.7. The summed E-state index contributed by atoms with van der Waals surface area (Å²) in [5.74, 6) is -0.411. The summed E-state index contributed by atoms with van der Waals surface area (Å²) in [5, 5.41) is 2.82. The van der Waals surface area contributed by atoms with Crippen LogP contribution in [0.25, 0.3) is 0 Å². The average molecular weight is 372 g/mol. The van der Waals surface area contributed by atoms with E-state index in [-0.39, 0.29) is 18.5 Å². The van der Waals surface area contributed by atoms with Gasteiger partial charge in [-0.1, -0.05) is 44.2 Å². The number of benzene rings is 1. The highest BCUT2D eigenvalue weighted by Gasteiger charge is 2.43. The van der Waals surface area contributed by atoms with Gasteiger partial charge in [-0.25, -0.2) is 0 Å². The Kier molecular flexibility index (Phi) is 5.82. The van der Waals surface area contributed by atoms with Crippen molar-refractivity contribution in [3.63, 3.8) is 0 Å². The van der Waals surface area contributed by atoms with Gasteiger partial charge in [0.1, 0.15) is 5.54 Å². The highest BCUT2D eigenvalue weighted by atomic mass is 16.5. The molecule has 6 heteroatoms. The molecule has 0 unspecified atom stereocenters. The van der Waals surface area contributed by atoms with Crippen LogP contribution in [0.2, 0.25) is 0 Å². The summed E-state index contributed by atoms with van der Waals surface area (Å²) < 4.78 is 5.23. The first kappa shape index (κ1) is 19.4. The van der Waals surface area contributed by atoms with Crippen LogP contribution in [0.4, 0.5) is 11.4 Å². The van der Waals surface area contributed by atoms with Gasteiger partial charge < -0.3 is 10.1 Å². The number of anilines is 2. The maximum Gasteiger partial charge on any atom is 0.306 e. The number of rotatable bonds is 5. The van der Waals surface area contributed by atoms with Gasteiger partial charge in [-0.3, -0.25) is 19.3 Å². The average Bonchev–Trinajstić information content (AvgIpc) is 2.66. The van der Waals surface area contributed by atoms with Gasteiger partial charge in [0.05, 0.1) is 11.4 Å². The smallest absolute Gasteiger partial charge is 0.306 e. The number of amides is 2. The first-order chi connectivity index (χ1) is 12.9. The molecule has 1 aliphatic heterocycles. The highest BCUT2D eigenvalue weighted by Crippen LogP contribution is 2.36. The molecular weight excluding hydrogens is 344 g/mol. The quantitative estimate of drug-likeness (QED) is 0.801. The Morgan fingerprint density at radius 1 is 1.19 bits per heavy atom. The van der Waals surface area contributed by atoms with Crippen LogP contribution in [0.15, 0.2) is 24.3 Å². The Bertz CT molecular complexity index is 723. The molecule has 1 heterocycles. The van der Waals surface area contributed by atoms with E-state index >= 15 is 0 Å². The number of fused-ring (bicyclic) bond motifs is 1. The third-order valence-corrected chi connectivity index (χ3v) is 5.60. The molecule has 2 aliphatic rings. The zero-order valence-corrected chi connectivity index (χ0v) is 16.1. The second-order valence-corrected chi connectivity index (χ2v) is 7.96. The van der Waals surface area contributed by atoms with Crippen LogP contribution in [0.5, 0.6) is 0 Å². The Morgan fingerprint density at radius 2 is 1.89 bits per heavy atom. The van der Waals surface area contributed by atoms with Gasteiger partial charge in [0.15, 0.2) is 6.61 Å². The first-order valence-electron chi connectivity index (χ1n) is 9.79. The van der Waals surface area contributed by atoms with Crippen LogP contribution in [0.1, 0.15) is 58.8 Å². The minimum atomic E-state index is -1.06. The second kappa shape index (κ2) is 8.11. The fourth-order valence-corrected chi connectivity index (χ4v) is 3.98. The Morgan fingerprint density at radius 3 is 2.63 bits per heavy atom. The number of esters is 1. The second-order valence-electron chi connectivity index (χ2n) is 7.96. The predicted octanol–water partition coefficient (Wildman–Crippen LogP) is 3.65. The molecule has 0 saturated heterocycles. The lowest BCUT2D eigenvalue weighted by atomic mass is 9.86. The molecule has 1 fully saturated rings. The molecule has 0 atom stereocenters. The van der Waals surface area contributed by atoms with Crippen molar-refractivity contribution >= 4 is 29.2 Å². The van der Waals surface area contributed by atoms with Crippen LogP contribution >= 0.6 is 0 Å². The van der Waals surface area contributed by atoms with Crippen molar-refractivity contribution in [1.29, 1.82) is 0 Å². The summed E-state index contributed by atoms with van der Waals surface area (Å²) in [6, 6.07) is 7.13. The Hall–Kier alpha value is -2.37. The molecule has 1 aromatic rings.